The third-order valence-electron chi connectivity index (χ3n) is 5.91. The molecule has 0 spiro atoms. The number of pyridine rings is 1. The van der Waals surface area contributed by atoms with Crippen LogP contribution in [0.15, 0.2) is 65.9 Å². The van der Waals surface area contributed by atoms with Crippen molar-refractivity contribution in [3.63, 3.8) is 0 Å². The molecule has 2 aliphatic rings. The molecule has 2 aliphatic heterocycles. The molecule has 3 aromatic rings. The molecular formula is C25H25N5O3. The second kappa shape index (κ2) is 8.55. The highest BCUT2D eigenvalue weighted by Gasteiger charge is 2.28. The Labute approximate surface area is 191 Å². The predicted molar refractivity (Wildman–Crippen MR) is 127 cm³/mol. The van der Waals surface area contributed by atoms with E-state index >= 15 is 0 Å². The standard InChI is InChI=1S/C25H25N5O3/c1-15-12-30(13-16(2)28-15)20-8-19(9-26-10-20)27-11-23-22-7-17(18-5-6-33-14-18)3-4-21(22)24(31)29-25(23)32/h3-11,14-16,27-28H,12-13H2,1-2H3,(H,29,31,32)/b23-11-/t15-,16+. The number of nitrogens with one attached hydrogen (secondary N) is 3. The summed E-state index contributed by atoms with van der Waals surface area (Å²) in [7, 11) is 0. The van der Waals surface area contributed by atoms with E-state index < -0.39 is 11.8 Å². The van der Waals surface area contributed by atoms with Crippen molar-refractivity contribution in [2.24, 2.45) is 0 Å². The Hall–Kier alpha value is -3.91. The van der Waals surface area contributed by atoms with Crippen LogP contribution >= 0.6 is 0 Å². The SMILES string of the molecule is C[C@@H]1CN(c2cncc(N/C=C3\C(=O)NC(=O)c4ccc(-c5ccoc5)cc43)c2)C[C@H](C)N1. The molecule has 0 aliphatic carbocycles. The van der Waals surface area contributed by atoms with E-state index in [-0.39, 0.29) is 0 Å². The van der Waals surface area contributed by atoms with Crippen molar-refractivity contribution in [3.8, 4) is 11.1 Å². The van der Waals surface area contributed by atoms with Crippen LogP contribution in [0.3, 0.4) is 0 Å². The zero-order chi connectivity index (χ0) is 22.9. The summed E-state index contributed by atoms with van der Waals surface area (Å²) in [6.07, 6.45) is 8.41. The number of carbonyl (C=O) groups is 2. The number of furan rings is 1. The first-order chi connectivity index (χ1) is 16.0. The lowest BCUT2D eigenvalue weighted by molar-refractivity contribution is -0.114. The minimum absolute atomic E-state index is 0.379. The number of rotatable bonds is 4. The third kappa shape index (κ3) is 4.25. The van der Waals surface area contributed by atoms with Crippen LogP contribution in [-0.4, -0.2) is 42.0 Å². The highest BCUT2D eigenvalue weighted by Crippen LogP contribution is 2.30. The Balaban J connectivity index is 1.44. The monoisotopic (exact) mass is 443 g/mol. The van der Waals surface area contributed by atoms with Gasteiger partial charge in [0.05, 0.1) is 41.9 Å². The Morgan fingerprint density at radius 1 is 1.03 bits per heavy atom. The van der Waals surface area contributed by atoms with E-state index in [1.807, 2.05) is 30.5 Å². The number of carbonyl (C=O) groups excluding carboxylic acids is 2. The van der Waals surface area contributed by atoms with Gasteiger partial charge >= 0.3 is 0 Å². The topological polar surface area (TPSA) is 99.5 Å². The molecule has 0 bridgehead atoms. The van der Waals surface area contributed by atoms with E-state index in [0.717, 1.165) is 35.6 Å². The lowest BCUT2D eigenvalue weighted by atomic mass is 9.92. The van der Waals surface area contributed by atoms with Crippen LogP contribution in [0.25, 0.3) is 16.7 Å². The molecule has 8 heteroatoms. The van der Waals surface area contributed by atoms with Crippen LogP contribution in [-0.2, 0) is 4.79 Å². The maximum absolute atomic E-state index is 12.7. The highest BCUT2D eigenvalue weighted by molar-refractivity contribution is 6.31. The number of fused-ring (bicyclic) bond motifs is 1. The second-order valence-corrected chi connectivity index (χ2v) is 8.56. The van der Waals surface area contributed by atoms with Crippen molar-refractivity contribution in [2.45, 2.75) is 25.9 Å². The molecule has 2 amide bonds. The first-order valence-corrected chi connectivity index (χ1v) is 10.9. The van der Waals surface area contributed by atoms with Gasteiger partial charge in [0.25, 0.3) is 11.8 Å². The fourth-order valence-electron chi connectivity index (χ4n) is 4.45. The Morgan fingerprint density at radius 3 is 2.61 bits per heavy atom. The fourth-order valence-corrected chi connectivity index (χ4v) is 4.45. The quantitative estimate of drug-likeness (QED) is 0.420. The Morgan fingerprint density at radius 2 is 1.85 bits per heavy atom. The lowest BCUT2D eigenvalue weighted by Crippen LogP contribution is -2.54. The molecule has 4 heterocycles. The third-order valence-corrected chi connectivity index (χ3v) is 5.91. The summed E-state index contributed by atoms with van der Waals surface area (Å²) in [6.45, 7) is 6.12. The largest absolute Gasteiger partial charge is 0.472 e. The summed E-state index contributed by atoms with van der Waals surface area (Å²) < 4.78 is 5.17. The summed E-state index contributed by atoms with van der Waals surface area (Å²) in [5.41, 5.74) is 4.92. The molecule has 0 saturated carbocycles. The van der Waals surface area contributed by atoms with Gasteiger partial charge in [-0.3, -0.25) is 19.9 Å². The van der Waals surface area contributed by atoms with Gasteiger partial charge in [0, 0.05) is 48.1 Å². The number of benzene rings is 1. The van der Waals surface area contributed by atoms with E-state index in [4.69, 9.17) is 4.42 Å². The van der Waals surface area contributed by atoms with Gasteiger partial charge in [0.2, 0.25) is 0 Å². The van der Waals surface area contributed by atoms with Gasteiger partial charge in [-0.2, -0.15) is 0 Å². The predicted octanol–water partition coefficient (Wildman–Crippen LogP) is 3.25. The maximum Gasteiger partial charge on any atom is 0.260 e. The van der Waals surface area contributed by atoms with E-state index in [1.165, 1.54) is 0 Å². The first-order valence-electron chi connectivity index (χ1n) is 10.9. The summed E-state index contributed by atoms with van der Waals surface area (Å²) in [4.78, 5) is 31.7. The van der Waals surface area contributed by atoms with Crippen molar-refractivity contribution in [1.29, 1.82) is 0 Å². The van der Waals surface area contributed by atoms with E-state index in [1.54, 1.807) is 31.0 Å². The number of anilines is 2. The molecule has 1 saturated heterocycles. The number of hydrogen-bond donors (Lipinski definition) is 3. The number of nitrogens with zero attached hydrogens (tertiary/aromatic N) is 2. The summed E-state index contributed by atoms with van der Waals surface area (Å²) in [5, 5.41) is 9.14. The number of amides is 2. The molecule has 0 radical (unpaired) electrons. The molecule has 3 N–H and O–H groups in total. The fraction of sp³-hybridized carbons (Fsp3) is 0.240. The number of aromatic nitrogens is 1. The normalized spacial score (nSPS) is 21.6. The average molecular weight is 444 g/mol. The molecule has 33 heavy (non-hydrogen) atoms. The summed E-state index contributed by atoms with van der Waals surface area (Å²) >= 11 is 0. The van der Waals surface area contributed by atoms with Gasteiger partial charge in [-0.1, -0.05) is 6.07 Å². The summed E-state index contributed by atoms with van der Waals surface area (Å²) in [6, 6.07) is 10.0. The first kappa shape index (κ1) is 21.0. The number of piperazine rings is 1. The van der Waals surface area contributed by atoms with Crippen molar-refractivity contribution in [3.05, 3.63) is 72.6 Å². The molecule has 8 nitrogen and oxygen atoms in total. The van der Waals surface area contributed by atoms with Crippen molar-refractivity contribution in [1.82, 2.24) is 15.6 Å². The van der Waals surface area contributed by atoms with Crippen LogP contribution in [0.4, 0.5) is 11.4 Å². The molecule has 1 fully saturated rings. The molecule has 5 rings (SSSR count). The molecule has 0 unspecified atom stereocenters. The van der Waals surface area contributed by atoms with Crippen LogP contribution in [0.1, 0.15) is 29.8 Å². The van der Waals surface area contributed by atoms with E-state index in [0.29, 0.717) is 28.8 Å². The maximum atomic E-state index is 12.7. The van der Waals surface area contributed by atoms with Gasteiger partial charge in [-0.05, 0) is 43.7 Å². The number of hydrogen-bond acceptors (Lipinski definition) is 7. The molecule has 1 aromatic carbocycles. The zero-order valence-corrected chi connectivity index (χ0v) is 18.5. The molecule has 2 aromatic heterocycles. The minimum Gasteiger partial charge on any atom is -0.472 e. The van der Waals surface area contributed by atoms with E-state index in [9.17, 15) is 9.59 Å². The molecule has 168 valence electrons. The average Bonchev–Trinajstić information content (AvgIpc) is 3.33. The smallest absolute Gasteiger partial charge is 0.260 e. The van der Waals surface area contributed by atoms with Crippen LogP contribution in [0.2, 0.25) is 0 Å². The minimum atomic E-state index is -0.446. The Kier molecular flexibility index (Phi) is 5.43. The van der Waals surface area contributed by atoms with Crippen LogP contribution < -0.4 is 20.9 Å². The summed E-state index contributed by atoms with van der Waals surface area (Å²) in [5.74, 6) is -0.852. The van der Waals surface area contributed by atoms with Gasteiger partial charge in [0.15, 0.2) is 0 Å². The van der Waals surface area contributed by atoms with Crippen molar-refractivity contribution >= 4 is 28.8 Å². The molecule has 2 atom stereocenters. The Bertz CT molecular complexity index is 1220. The second-order valence-electron chi connectivity index (χ2n) is 8.56. The lowest BCUT2D eigenvalue weighted by Gasteiger charge is -2.37. The van der Waals surface area contributed by atoms with Crippen molar-refractivity contribution in [2.75, 3.05) is 23.3 Å². The van der Waals surface area contributed by atoms with E-state index in [2.05, 4.69) is 39.7 Å². The van der Waals surface area contributed by atoms with Gasteiger partial charge in [-0.25, -0.2) is 0 Å². The van der Waals surface area contributed by atoms with Crippen molar-refractivity contribution < 1.29 is 14.0 Å². The highest BCUT2D eigenvalue weighted by atomic mass is 16.3. The number of imide groups is 1. The molecular weight excluding hydrogens is 418 g/mol. The van der Waals surface area contributed by atoms with Crippen LogP contribution in [0.5, 0.6) is 0 Å². The van der Waals surface area contributed by atoms with Gasteiger partial charge < -0.3 is 20.0 Å². The van der Waals surface area contributed by atoms with Crippen LogP contribution in [0, 0.1) is 0 Å². The zero-order valence-electron chi connectivity index (χ0n) is 18.5. The van der Waals surface area contributed by atoms with Gasteiger partial charge in [0.1, 0.15) is 0 Å². The van der Waals surface area contributed by atoms with Gasteiger partial charge in [-0.15, -0.1) is 0 Å².